The zero-order valence-electron chi connectivity index (χ0n) is 19.0. The first kappa shape index (κ1) is 22.3. The Bertz CT molecular complexity index is 941. The highest BCUT2D eigenvalue weighted by Gasteiger charge is 2.51. The molecule has 0 aliphatic carbocycles. The van der Waals surface area contributed by atoms with Gasteiger partial charge in [-0.2, -0.15) is 0 Å². The van der Waals surface area contributed by atoms with E-state index in [0.717, 1.165) is 16.7 Å². The molecule has 3 aromatic carbocycles. The zero-order chi connectivity index (χ0) is 22.9. The molecule has 0 saturated carbocycles. The van der Waals surface area contributed by atoms with E-state index in [1.807, 2.05) is 68.4 Å². The van der Waals surface area contributed by atoms with Crippen molar-refractivity contribution in [2.45, 2.75) is 49.7 Å². The zero-order valence-corrected chi connectivity index (χ0v) is 19.0. The van der Waals surface area contributed by atoms with Gasteiger partial charge in [0.15, 0.2) is 5.79 Å². The average Bonchev–Trinajstić information content (AvgIpc) is 3.15. The topological polar surface area (TPSA) is 57.2 Å². The van der Waals surface area contributed by atoms with Crippen LogP contribution in [0.15, 0.2) is 91.0 Å². The molecule has 5 nitrogen and oxygen atoms in total. The van der Waals surface area contributed by atoms with Crippen LogP contribution in [0.4, 0.5) is 0 Å². The van der Waals surface area contributed by atoms with Gasteiger partial charge in [0.2, 0.25) is 0 Å². The van der Waals surface area contributed by atoms with Crippen molar-refractivity contribution in [2.24, 2.45) is 0 Å². The van der Waals surface area contributed by atoms with Gasteiger partial charge in [0.05, 0.1) is 13.2 Å². The second kappa shape index (κ2) is 9.01. The van der Waals surface area contributed by atoms with Crippen LogP contribution in [0.3, 0.4) is 0 Å². The molecule has 0 radical (unpaired) electrons. The number of ether oxygens (including phenoxy) is 4. The van der Waals surface area contributed by atoms with Gasteiger partial charge < -0.3 is 24.1 Å². The van der Waals surface area contributed by atoms with Gasteiger partial charge in [-0.25, -0.2) is 0 Å². The summed E-state index contributed by atoms with van der Waals surface area (Å²) in [5.74, 6) is -0.747. The molecule has 0 bridgehead atoms. The number of benzene rings is 3. The Balaban J connectivity index is 1.51. The van der Waals surface area contributed by atoms with Crippen molar-refractivity contribution in [3.05, 3.63) is 108 Å². The Kier molecular flexibility index (Phi) is 6.08. The lowest BCUT2D eigenvalue weighted by molar-refractivity contribution is -0.300. The second-order valence-electron chi connectivity index (χ2n) is 9.09. The minimum Gasteiger partial charge on any atom is -0.387 e. The lowest BCUT2D eigenvalue weighted by Gasteiger charge is -2.37. The van der Waals surface area contributed by atoms with Gasteiger partial charge in [0.1, 0.15) is 30.0 Å². The Morgan fingerprint density at radius 1 is 0.848 bits per heavy atom. The van der Waals surface area contributed by atoms with E-state index in [4.69, 9.17) is 18.9 Å². The molecule has 0 amide bonds. The SMILES string of the molecule is CC1(C)OC[C@@H]2O[C@H](COC(c3ccccc3)(c3ccccc3)c3ccccc3)[C@H](O)[C@H]2O1. The maximum Gasteiger partial charge on any atom is 0.163 e. The van der Waals surface area contributed by atoms with E-state index in [1.54, 1.807) is 0 Å². The first-order valence-electron chi connectivity index (χ1n) is 11.5. The van der Waals surface area contributed by atoms with E-state index < -0.39 is 29.7 Å². The standard InChI is InChI=1S/C28H30O5/c1-27(2)30-19-24-26(33-27)25(29)23(32-24)18-31-28(20-12-6-3-7-13-20,21-14-8-4-9-15-21)22-16-10-5-11-17-22/h3-17,23-26,29H,18-19H2,1-2H3/t23-,24+,25+,26+/m1/s1. The van der Waals surface area contributed by atoms with Gasteiger partial charge in [-0.1, -0.05) is 91.0 Å². The molecule has 33 heavy (non-hydrogen) atoms. The van der Waals surface area contributed by atoms with E-state index in [1.165, 1.54) is 0 Å². The van der Waals surface area contributed by atoms with Crippen LogP contribution in [0, 0.1) is 0 Å². The van der Waals surface area contributed by atoms with Gasteiger partial charge in [0.25, 0.3) is 0 Å². The van der Waals surface area contributed by atoms with Crippen LogP contribution in [-0.4, -0.2) is 48.5 Å². The van der Waals surface area contributed by atoms with E-state index in [2.05, 4.69) is 36.4 Å². The fraction of sp³-hybridized carbons (Fsp3) is 0.357. The predicted molar refractivity (Wildman–Crippen MR) is 125 cm³/mol. The summed E-state index contributed by atoms with van der Waals surface area (Å²) < 4.78 is 24.7. The van der Waals surface area contributed by atoms with Crippen LogP contribution < -0.4 is 0 Å². The van der Waals surface area contributed by atoms with Crippen molar-refractivity contribution in [2.75, 3.05) is 13.2 Å². The summed E-state index contributed by atoms with van der Waals surface area (Å²) in [5, 5.41) is 11.0. The molecule has 2 aliphatic heterocycles. The van der Waals surface area contributed by atoms with Crippen molar-refractivity contribution in [3.8, 4) is 0 Å². The molecule has 5 heteroatoms. The highest BCUT2D eigenvalue weighted by molar-refractivity contribution is 5.47. The van der Waals surface area contributed by atoms with Crippen LogP contribution in [0.5, 0.6) is 0 Å². The van der Waals surface area contributed by atoms with Crippen LogP contribution in [-0.2, 0) is 24.5 Å². The lowest BCUT2D eigenvalue weighted by atomic mass is 9.80. The van der Waals surface area contributed by atoms with Gasteiger partial charge in [-0.15, -0.1) is 0 Å². The molecule has 2 saturated heterocycles. The maximum atomic E-state index is 11.0. The van der Waals surface area contributed by atoms with Crippen molar-refractivity contribution in [3.63, 3.8) is 0 Å². The molecule has 4 atom stereocenters. The fourth-order valence-corrected chi connectivity index (χ4v) is 4.85. The largest absolute Gasteiger partial charge is 0.387 e. The normalized spacial score (nSPS) is 26.6. The number of hydrogen-bond donors (Lipinski definition) is 1. The van der Waals surface area contributed by atoms with Gasteiger partial charge in [-0.3, -0.25) is 0 Å². The average molecular weight is 447 g/mol. The summed E-state index contributed by atoms with van der Waals surface area (Å²) in [6.07, 6.45) is -2.10. The van der Waals surface area contributed by atoms with Crippen LogP contribution >= 0.6 is 0 Å². The predicted octanol–water partition coefficient (Wildman–Crippen LogP) is 4.27. The van der Waals surface area contributed by atoms with Crippen molar-refractivity contribution in [1.82, 2.24) is 0 Å². The number of hydrogen-bond acceptors (Lipinski definition) is 5. The molecular formula is C28H30O5. The second-order valence-corrected chi connectivity index (χ2v) is 9.09. The number of rotatable bonds is 6. The number of aliphatic hydroxyl groups excluding tert-OH is 1. The fourth-order valence-electron chi connectivity index (χ4n) is 4.85. The molecule has 2 aliphatic rings. The Morgan fingerprint density at radius 2 is 1.33 bits per heavy atom. The summed E-state index contributed by atoms with van der Waals surface area (Å²) in [6, 6.07) is 30.5. The van der Waals surface area contributed by atoms with Crippen LogP contribution in [0.25, 0.3) is 0 Å². The van der Waals surface area contributed by atoms with E-state index in [0.29, 0.717) is 6.61 Å². The third kappa shape index (κ3) is 4.23. The van der Waals surface area contributed by atoms with E-state index >= 15 is 0 Å². The van der Waals surface area contributed by atoms with Gasteiger partial charge >= 0.3 is 0 Å². The molecule has 0 aromatic heterocycles. The first-order chi connectivity index (χ1) is 16.0. The van der Waals surface area contributed by atoms with E-state index in [-0.39, 0.29) is 12.7 Å². The van der Waals surface area contributed by atoms with Crippen molar-refractivity contribution in [1.29, 1.82) is 0 Å². The lowest BCUT2D eigenvalue weighted by Crippen LogP contribution is -2.50. The molecule has 2 fully saturated rings. The van der Waals surface area contributed by atoms with E-state index in [9.17, 15) is 5.11 Å². The van der Waals surface area contributed by atoms with Crippen molar-refractivity contribution < 1.29 is 24.1 Å². The smallest absolute Gasteiger partial charge is 0.163 e. The number of aliphatic hydroxyl groups is 1. The summed E-state index contributed by atoms with van der Waals surface area (Å²) in [6.45, 7) is 4.28. The highest BCUT2D eigenvalue weighted by atomic mass is 16.7. The number of fused-ring (bicyclic) bond motifs is 1. The van der Waals surface area contributed by atoms with Gasteiger partial charge in [-0.05, 0) is 30.5 Å². The van der Waals surface area contributed by atoms with Crippen LogP contribution in [0.1, 0.15) is 30.5 Å². The molecule has 1 N–H and O–H groups in total. The Labute approximate surface area is 194 Å². The molecule has 0 unspecified atom stereocenters. The molecule has 0 spiro atoms. The quantitative estimate of drug-likeness (QED) is 0.573. The molecular weight excluding hydrogens is 416 g/mol. The minimum atomic E-state index is -0.864. The van der Waals surface area contributed by atoms with Crippen molar-refractivity contribution >= 4 is 0 Å². The Morgan fingerprint density at radius 3 is 1.82 bits per heavy atom. The molecule has 5 rings (SSSR count). The first-order valence-corrected chi connectivity index (χ1v) is 11.5. The van der Waals surface area contributed by atoms with Crippen LogP contribution in [0.2, 0.25) is 0 Å². The maximum absolute atomic E-state index is 11.0. The summed E-state index contributed by atoms with van der Waals surface area (Å²) in [4.78, 5) is 0. The molecule has 3 aromatic rings. The summed E-state index contributed by atoms with van der Waals surface area (Å²) in [5.41, 5.74) is 2.16. The molecule has 172 valence electrons. The summed E-state index contributed by atoms with van der Waals surface area (Å²) >= 11 is 0. The third-order valence-electron chi connectivity index (χ3n) is 6.45. The summed E-state index contributed by atoms with van der Waals surface area (Å²) in [7, 11) is 0. The monoisotopic (exact) mass is 446 g/mol. The molecule has 2 heterocycles. The minimum absolute atomic E-state index is 0.191. The highest BCUT2D eigenvalue weighted by Crippen LogP contribution is 2.42. The van der Waals surface area contributed by atoms with Gasteiger partial charge in [0, 0.05) is 0 Å². The third-order valence-corrected chi connectivity index (χ3v) is 6.45. The Hall–Kier alpha value is -2.54.